The molecule has 0 aliphatic carbocycles. The number of carbonyl (C=O) groups excluding carboxylic acids is 2. The molecule has 2 aromatic rings. The van der Waals surface area contributed by atoms with Gasteiger partial charge >= 0.3 is 5.97 Å². The standard InChI is InChI=1S/C21H26N2O6S/c1-3-28-21(25)18-9-10-19(29-18)30(26,27)23-13-11-17(12-14-23)20(24)22(2)15-16-7-5-4-6-8-16/h4-10,17H,3,11-15H2,1-2H3. The molecule has 1 saturated heterocycles. The lowest BCUT2D eigenvalue weighted by atomic mass is 9.96. The van der Waals surface area contributed by atoms with Crippen LogP contribution >= 0.6 is 0 Å². The van der Waals surface area contributed by atoms with Crippen molar-refractivity contribution < 1.29 is 27.2 Å². The third-order valence-electron chi connectivity index (χ3n) is 5.09. The fraction of sp³-hybridized carbons (Fsp3) is 0.429. The molecular weight excluding hydrogens is 408 g/mol. The zero-order valence-electron chi connectivity index (χ0n) is 17.1. The van der Waals surface area contributed by atoms with Crippen molar-refractivity contribution in [3.05, 3.63) is 53.8 Å². The highest BCUT2D eigenvalue weighted by molar-refractivity contribution is 7.89. The van der Waals surface area contributed by atoms with Gasteiger partial charge in [-0.05, 0) is 37.5 Å². The maximum Gasteiger partial charge on any atom is 0.374 e. The molecule has 1 aromatic carbocycles. The van der Waals surface area contributed by atoms with Crippen LogP contribution in [0.2, 0.25) is 0 Å². The monoisotopic (exact) mass is 434 g/mol. The zero-order valence-corrected chi connectivity index (χ0v) is 17.9. The zero-order chi connectivity index (χ0) is 21.7. The molecule has 1 aliphatic rings. The molecule has 9 heteroatoms. The number of piperidine rings is 1. The summed E-state index contributed by atoms with van der Waals surface area (Å²) in [4.78, 5) is 26.1. The van der Waals surface area contributed by atoms with Crippen molar-refractivity contribution in [3.63, 3.8) is 0 Å². The summed E-state index contributed by atoms with van der Waals surface area (Å²) in [6.45, 7) is 2.77. The first-order chi connectivity index (χ1) is 14.3. The summed E-state index contributed by atoms with van der Waals surface area (Å²) in [6.07, 6.45) is 0.866. The molecule has 1 aliphatic heterocycles. The van der Waals surface area contributed by atoms with Gasteiger partial charge in [0.05, 0.1) is 6.61 Å². The number of carbonyl (C=O) groups is 2. The van der Waals surface area contributed by atoms with E-state index in [4.69, 9.17) is 9.15 Å². The summed E-state index contributed by atoms with van der Waals surface area (Å²) in [5.74, 6) is -1.07. The van der Waals surface area contributed by atoms with Gasteiger partial charge in [0.2, 0.25) is 16.8 Å². The van der Waals surface area contributed by atoms with Crippen molar-refractivity contribution in [2.45, 2.75) is 31.4 Å². The van der Waals surface area contributed by atoms with Gasteiger partial charge in [-0.2, -0.15) is 4.31 Å². The molecule has 8 nitrogen and oxygen atoms in total. The Hall–Kier alpha value is -2.65. The molecule has 0 spiro atoms. The van der Waals surface area contributed by atoms with Crippen LogP contribution in [-0.4, -0.2) is 56.2 Å². The molecule has 1 fully saturated rings. The predicted octanol–water partition coefficient (Wildman–Crippen LogP) is 2.52. The molecule has 1 amide bonds. The Morgan fingerprint density at radius 3 is 2.43 bits per heavy atom. The van der Waals surface area contributed by atoms with Gasteiger partial charge in [-0.1, -0.05) is 30.3 Å². The normalized spacial score (nSPS) is 15.7. The Kier molecular flexibility index (Phi) is 6.94. The fourth-order valence-corrected chi connectivity index (χ4v) is 4.87. The highest BCUT2D eigenvalue weighted by atomic mass is 32.2. The summed E-state index contributed by atoms with van der Waals surface area (Å²) in [7, 11) is -2.11. The van der Waals surface area contributed by atoms with E-state index in [1.165, 1.54) is 16.4 Å². The number of esters is 1. The van der Waals surface area contributed by atoms with Crippen molar-refractivity contribution in [1.29, 1.82) is 0 Å². The van der Waals surface area contributed by atoms with Crippen molar-refractivity contribution in [2.75, 3.05) is 26.7 Å². The SMILES string of the molecule is CCOC(=O)c1ccc(S(=O)(=O)N2CCC(C(=O)N(C)Cc3ccccc3)CC2)o1. The van der Waals surface area contributed by atoms with Crippen molar-refractivity contribution in [2.24, 2.45) is 5.92 Å². The van der Waals surface area contributed by atoms with E-state index in [0.717, 1.165) is 5.56 Å². The molecular formula is C21H26N2O6S. The van der Waals surface area contributed by atoms with Gasteiger partial charge in [0.15, 0.2) is 0 Å². The first-order valence-electron chi connectivity index (χ1n) is 9.89. The van der Waals surface area contributed by atoms with Crippen molar-refractivity contribution >= 4 is 21.9 Å². The second kappa shape index (κ2) is 9.44. The molecule has 0 saturated carbocycles. The van der Waals surface area contributed by atoms with Gasteiger partial charge in [-0.25, -0.2) is 13.2 Å². The molecule has 2 heterocycles. The molecule has 0 radical (unpaired) electrons. The second-order valence-corrected chi connectivity index (χ2v) is 9.07. The summed E-state index contributed by atoms with van der Waals surface area (Å²) < 4.78 is 37.0. The van der Waals surface area contributed by atoms with Gasteiger partial charge < -0.3 is 14.1 Å². The Bertz CT molecular complexity index is 978. The van der Waals surface area contributed by atoms with E-state index in [1.54, 1.807) is 18.9 Å². The lowest BCUT2D eigenvalue weighted by Crippen LogP contribution is -2.43. The Morgan fingerprint density at radius 1 is 1.13 bits per heavy atom. The summed E-state index contributed by atoms with van der Waals surface area (Å²) in [5.41, 5.74) is 1.04. The largest absolute Gasteiger partial charge is 0.460 e. The first-order valence-corrected chi connectivity index (χ1v) is 11.3. The van der Waals surface area contributed by atoms with Gasteiger partial charge in [0, 0.05) is 32.6 Å². The number of ether oxygens (including phenoxy) is 1. The fourth-order valence-electron chi connectivity index (χ4n) is 3.49. The first kappa shape index (κ1) is 22.0. The topological polar surface area (TPSA) is 97.1 Å². The van der Waals surface area contributed by atoms with Crippen LogP contribution in [0.1, 0.15) is 35.9 Å². The van der Waals surface area contributed by atoms with E-state index in [-0.39, 0.29) is 42.4 Å². The van der Waals surface area contributed by atoms with Gasteiger partial charge in [-0.15, -0.1) is 0 Å². The minimum atomic E-state index is -3.87. The van der Waals surface area contributed by atoms with Crippen molar-refractivity contribution in [3.8, 4) is 0 Å². The van der Waals surface area contributed by atoms with E-state index < -0.39 is 16.0 Å². The third-order valence-corrected chi connectivity index (χ3v) is 6.87. The van der Waals surface area contributed by atoms with E-state index in [1.807, 2.05) is 30.3 Å². The highest BCUT2D eigenvalue weighted by Gasteiger charge is 2.35. The van der Waals surface area contributed by atoms with Crippen LogP contribution in [0.4, 0.5) is 0 Å². The lowest BCUT2D eigenvalue weighted by molar-refractivity contribution is -0.135. The highest BCUT2D eigenvalue weighted by Crippen LogP contribution is 2.26. The van der Waals surface area contributed by atoms with Crippen LogP contribution in [0.5, 0.6) is 0 Å². The number of benzene rings is 1. The number of hydrogen-bond acceptors (Lipinski definition) is 6. The van der Waals surface area contributed by atoms with E-state index in [2.05, 4.69) is 0 Å². The molecule has 0 N–H and O–H groups in total. The van der Waals surface area contributed by atoms with E-state index in [9.17, 15) is 18.0 Å². The third kappa shape index (κ3) is 4.91. The molecule has 0 bridgehead atoms. The average molecular weight is 435 g/mol. The van der Waals surface area contributed by atoms with E-state index >= 15 is 0 Å². The number of rotatable bonds is 7. The van der Waals surface area contributed by atoms with Gasteiger partial charge in [-0.3, -0.25) is 4.79 Å². The summed E-state index contributed by atoms with van der Waals surface area (Å²) in [5, 5.41) is -0.295. The lowest BCUT2D eigenvalue weighted by Gasteiger charge is -2.32. The quantitative estimate of drug-likeness (QED) is 0.621. The summed E-state index contributed by atoms with van der Waals surface area (Å²) >= 11 is 0. The number of amides is 1. The van der Waals surface area contributed by atoms with Crippen molar-refractivity contribution in [1.82, 2.24) is 9.21 Å². The number of hydrogen-bond donors (Lipinski definition) is 0. The molecule has 1 aromatic heterocycles. The average Bonchev–Trinajstić information content (AvgIpc) is 3.25. The predicted molar refractivity (Wildman–Crippen MR) is 109 cm³/mol. The minimum absolute atomic E-state index is 0.0125. The van der Waals surface area contributed by atoms with Crippen LogP contribution < -0.4 is 0 Å². The number of furan rings is 1. The Labute approximate surface area is 176 Å². The molecule has 3 rings (SSSR count). The summed E-state index contributed by atoms with van der Waals surface area (Å²) in [6, 6.07) is 12.3. The Balaban J connectivity index is 1.59. The molecule has 162 valence electrons. The van der Waals surface area contributed by atoms with Crippen LogP contribution in [0.3, 0.4) is 0 Å². The van der Waals surface area contributed by atoms with Crippen LogP contribution in [0.15, 0.2) is 52.0 Å². The van der Waals surface area contributed by atoms with Gasteiger partial charge in [0.25, 0.3) is 10.0 Å². The maximum absolute atomic E-state index is 12.8. The molecule has 0 unspecified atom stereocenters. The van der Waals surface area contributed by atoms with Crippen LogP contribution in [0, 0.1) is 5.92 Å². The minimum Gasteiger partial charge on any atom is -0.460 e. The number of sulfonamides is 1. The molecule has 30 heavy (non-hydrogen) atoms. The molecule has 0 atom stereocenters. The van der Waals surface area contributed by atoms with Gasteiger partial charge in [0.1, 0.15) is 0 Å². The number of nitrogens with zero attached hydrogens (tertiary/aromatic N) is 2. The Morgan fingerprint density at radius 2 is 1.80 bits per heavy atom. The van der Waals surface area contributed by atoms with E-state index in [0.29, 0.717) is 19.4 Å². The maximum atomic E-state index is 12.8. The van der Waals surface area contributed by atoms with Crippen LogP contribution in [-0.2, 0) is 26.1 Å². The smallest absolute Gasteiger partial charge is 0.374 e. The van der Waals surface area contributed by atoms with Crippen LogP contribution in [0.25, 0.3) is 0 Å². The second-order valence-electron chi connectivity index (χ2n) is 7.20.